The number of fused-ring (bicyclic) bond motifs is 2. The van der Waals surface area contributed by atoms with Crippen molar-refractivity contribution >= 4 is 11.5 Å². The number of carbonyl (C=O) groups is 1. The molecule has 1 aromatic carbocycles. The minimum atomic E-state index is 0.350. The molecule has 0 N–H and O–H groups in total. The third kappa shape index (κ3) is 3.89. The lowest BCUT2D eigenvalue weighted by atomic mass is 9.94. The highest BCUT2D eigenvalue weighted by Crippen LogP contribution is 2.29. The molecular formula is C21H30N2O. The molecule has 3 rings (SSSR count). The van der Waals surface area contributed by atoms with Crippen LogP contribution in [-0.2, 0) is 4.79 Å². The normalized spacial score (nSPS) is 25.4. The van der Waals surface area contributed by atoms with Crippen molar-refractivity contribution < 1.29 is 4.79 Å². The van der Waals surface area contributed by atoms with E-state index < -0.39 is 0 Å². The predicted molar refractivity (Wildman–Crippen MR) is 99.7 cm³/mol. The molecular weight excluding hydrogens is 296 g/mol. The average Bonchev–Trinajstić information content (AvgIpc) is 2.73. The Morgan fingerprint density at radius 1 is 1.17 bits per heavy atom. The average molecular weight is 326 g/mol. The molecule has 24 heavy (non-hydrogen) atoms. The first kappa shape index (κ1) is 17.2. The molecule has 1 aromatic rings. The van der Waals surface area contributed by atoms with Gasteiger partial charge in [0.2, 0.25) is 5.91 Å². The van der Waals surface area contributed by atoms with E-state index in [2.05, 4.69) is 53.1 Å². The van der Waals surface area contributed by atoms with Gasteiger partial charge in [0.15, 0.2) is 0 Å². The largest absolute Gasteiger partial charge is 0.335 e. The molecule has 2 saturated heterocycles. The molecule has 2 atom stereocenters. The van der Waals surface area contributed by atoms with Crippen molar-refractivity contribution in [2.75, 3.05) is 19.6 Å². The van der Waals surface area contributed by atoms with Crippen molar-refractivity contribution in [3.8, 4) is 0 Å². The summed E-state index contributed by atoms with van der Waals surface area (Å²) in [6, 6.07) is 11.5. The van der Waals surface area contributed by atoms with E-state index in [-0.39, 0.29) is 0 Å². The second kappa shape index (κ2) is 7.98. The minimum absolute atomic E-state index is 0.350. The van der Waals surface area contributed by atoms with Crippen LogP contribution in [0.2, 0.25) is 0 Å². The molecule has 2 bridgehead atoms. The first-order valence-electron chi connectivity index (χ1n) is 9.44. The van der Waals surface area contributed by atoms with Gasteiger partial charge in [0.25, 0.3) is 0 Å². The summed E-state index contributed by atoms with van der Waals surface area (Å²) in [6.45, 7) is 7.30. The molecule has 2 heterocycles. The maximum atomic E-state index is 12.4. The molecule has 2 unspecified atom stereocenters. The lowest BCUT2D eigenvalue weighted by molar-refractivity contribution is -0.137. The summed E-state index contributed by atoms with van der Waals surface area (Å²) in [5.74, 6) is 0.350. The van der Waals surface area contributed by atoms with Crippen molar-refractivity contribution in [3.63, 3.8) is 0 Å². The highest BCUT2D eigenvalue weighted by molar-refractivity contribution is 5.76. The molecule has 0 radical (unpaired) electrons. The second-order valence-electron chi connectivity index (χ2n) is 7.19. The summed E-state index contributed by atoms with van der Waals surface area (Å²) in [4.78, 5) is 17.2. The van der Waals surface area contributed by atoms with Crippen LogP contribution in [0.25, 0.3) is 5.57 Å². The van der Waals surface area contributed by atoms with Crippen LogP contribution in [0.15, 0.2) is 36.4 Å². The highest BCUT2D eigenvalue weighted by Gasteiger charge is 2.36. The van der Waals surface area contributed by atoms with Gasteiger partial charge in [-0.2, -0.15) is 0 Å². The van der Waals surface area contributed by atoms with Gasteiger partial charge in [0.1, 0.15) is 0 Å². The van der Waals surface area contributed by atoms with Crippen LogP contribution >= 0.6 is 0 Å². The van der Waals surface area contributed by atoms with Crippen molar-refractivity contribution in [2.24, 2.45) is 0 Å². The number of nitrogens with zero attached hydrogens (tertiary/aromatic N) is 2. The molecule has 2 aliphatic rings. The number of carbonyl (C=O) groups excluding carboxylic acids is 1. The van der Waals surface area contributed by atoms with Gasteiger partial charge in [-0.15, -0.1) is 0 Å². The Hall–Kier alpha value is -1.61. The van der Waals surface area contributed by atoms with Crippen LogP contribution in [-0.4, -0.2) is 47.4 Å². The van der Waals surface area contributed by atoms with E-state index in [1.807, 2.05) is 6.92 Å². The van der Waals surface area contributed by atoms with E-state index in [1.54, 1.807) is 0 Å². The van der Waals surface area contributed by atoms with E-state index >= 15 is 0 Å². The number of piperidine rings is 1. The number of benzene rings is 1. The van der Waals surface area contributed by atoms with Crippen LogP contribution in [0.5, 0.6) is 0 Å². The molecule has 0 aliphatic carbocycles. The van der Waals surface area contributed by atoms with Crippen LogP contribution in [0.1, 0.15) is 51.5 Å². The second-order valence-corrected chi connectivity index (χ2v) is 7.19. The summed E-state index contributed by atoms with van der Waals surface area (Å²) in [7, 11) is 0. The molecule has 0 spiro atoms. The van der Waals surface area contributed by atoms with Gasteiger partial charge in [0, 0.05) is 38.1 Å². The number of amides is 1. The van der Waals surface area contributed by atoms with Crippen LogP contribution in [0.3, 0.4) is 0 Å². The molecule has 0 saturated carbocycles. The highest BCUT2D eigenvalue weighted by atomic mass is 16.2. The standard InChI is InChI=1S/C21H30N2O/c1-3-21(24)23-19-10-7-11-20(23)16-22(15-13-19)14-12-17(2)18-8-5-4-6-9-18/h4-6,8-9,12,19-20H,3,7,10-11,13-16H2,1-2H3. The van der Waals surface area contributed by atoms with Crippen LogP contribution in [0.4, 0.5) is 0 Å². The Morgan fingerprint density at radius 3 is 2.67 bits per heavy atom. The molecule has 3 nitrogen and oxygen atoms in total. The van der Waals surface area contributed by atoms with Gasteiger partial charge in [-0.1, -0.05) is 43.3 Å². The Bertz CT molecular complexity index is 581. The molecule has 0 aromatic heterocycles. The predicted octanol–water partition coefficient (Wildman–Crippen LogP) is 3.96. The fourth-order valence-electron chi connectivity index (χ4n) is 4.19. The smallest absolute Gasteiger partial charge is 0.222 e. The monoisotopic (exact) mass is 326 g/mol. The lowest BCUT2D eigenvalue weighted by Crippen LogP contribution is -2.51. The molecule has 2 fully saturated rings. The van der Waals surface area contributed by atoms with Crippen LogP contribution < -0.4 is 0 Å². The first-order valence-corrected chi connectivity index (χ1v) is 9.44. The van der Waals surface area contributed by atoms with E-state index in [0.29, 0.717) is 24.4 Å². The number of hydrogen-bond donors (Lipinski definition) is 0. The first-order chi connectivity index (χ1) is 11.7. The van der Waals surface area contributed by atoms with E-state index in [0.717, 1.165) is 26.1 Å². The van der Waals surface area contributed by atoms with Gasteiger partial charge in [0.05, 0.1) is 0 Å². The van der Waals surface area contributed by atoms with E-state index in [1.165, 1.54) is 30.4 Å². The molecule has 1 amide bonds. The summed E-state index contributed by atoms with van der Waals surface area (Å²) < 4.78 is 0. The minimum Gasteiger partial charge on any atom is -0.335 e. The fraction of sp³-hybridized carbons (Fsp3) is 0.571. The molecule has 2 aliphatic heterocycles. The Labute approximate surface area is 146 Å². The van der Waals surface area contributed by atoms with Gasteiger partial charge in [-0.05, 0) is 43.7 Å². The number of allylic oxidation sites excluding steroid dienone is 1. The van der Waals surface area contributed by atoms with E-state index in [9.17, 15) is 4.79 Å². The zero-order chi connectivity index (χ0) is 16.9. The molecule has 3 heteroatoms. The summed E-state index contributed by atoms with van der Waals surface area (Å²) in [5.41, 5.74) is 2.64. The zero-order valence-corrected chi connectivity index (χ0v) is 15.1. The SMILES string of the molecule is CCC(=O)N1C2CCCC1CN(CC=C(C)c1ccccc1)CC2. The summed E-state index contributed by atoms with van der Waals surface area (Å²) in [6.07, 6.45) is 7.74. The maximum absolute atomic E-state index is 12.4. The Kier molecular flexibility index (Phi) is 5.72. The lowest BCUT2D eigenvalue weighted by Gasteiger charge is -2.40. The third-order valence-corrected chi connectivity index (χ3v) is 5.58. The van der Waals surface area contributed by atoms with Gasteiger partial charge in [-0.3, -0.25) is 9.69 Å². The van der Waals surface area contributed by atoms with E-state index in [4.69, 9.17) is 0 Å². The van der Waals surface area contributed by atoms with Gasteiger partial charge in [-0.25, -0.2) is 0 Å². The summed E-state index contributed by atoms with van der Waals surface area (Å²) in [5, 5.41) is 0. The zero-order valence-electron chi connectivity index (χ0n) is 15.1. The topological polar surface area (TPSA) is 23.6 Å². The maximum Gasteiger partial charge on any atom is 0.222 e. The number of rotatable bonds is 4. The fourth-order valence-corrected chi connectivity index (χ4v) is 4.19. The summed E-state index contributed by atoms with van der Waals surface area (Å²) >= 11 is 0. The molecule has 130 valence electrons. The number of hydrogen-bond acceptors (Lipinski definition) is 2. The van der Waals surface area contributed by atoms with Gasteiger partial charge < -0.3 is 4.90 Å². The van der Waals surface area contributed by atoms with Crippen molar-refractivity contribution in [2.45, 2.75) is 58.0 Å². The van der Waals surface area contributed by atoms with Crippen molar-refractivity contribution in [1.82, 2.24) is 9.80 Å². The quantitative estimate of drug-likeness (QED) is 0.836. The Morgan fingerprint density at radius 2 is 1.92 bits per heavy atom. The Balaban J connectivity index is 1.67. The third-order valence-electron chi connectivity index (χ3n) is 5.58. The van der Waals surface area contributed by atoms with Crippen molar-refractivity contribution in [3.05, 3.63) is 42.0 Å². The van der Waals surface area contributed by atoms with Crippen LogP contribution in [0, 0.1) is 0 Å². The van der Waals surface area contributed by atoms with Crippen molar-refractivity contribution in [1.29, 1.82) is 0 Å². The van der Waals surface area contributed by atoms with Gasteiger partial charge >= 0.3 is 0 Å².